The molecule has 6 heteroatoms. The Balaban J connectivity index is 1.32. The number of non-ortho nitro benzene ring substituents is 1. The van der Waals surface area contributed by atoms with Crippen LogP contribution in [0.3, 0.4) is 0 Å². The largest absolute Gasteiger partial charge is 0.481 e. The number of rotatable bonds is 7. The Morgan fingerprint density at radius 2 is 1.84 bits per heavy atom. The lowest BCUT2D eigenvalue weighted by Gasteiger charge is -2.22. The number of hydrogen-bond acceptors (Lipinski definition) is 4. The lowest BCUT2D eigenvalue weighted by atomic mass is 9.98. The molecule has 0 bridgehead atoms. The van der Waals surface area contributed by atoms with Gasteiger partial charge in [-0.15, -0.1) is 0 Å². The van der Waals surface area contributed by atoms with Crippen LogP contribution in [0.2, 0.25) is 0 Å². The molecule has 2 N–H and O–H groups in total. The molecule has 3 aromatic carbocycles. The highest BCUT2D eigenvalue weighted by atomic mass is 16.6. The fourth-order valence-corrected chi connectivity index (χ4v) is 4.15. The van der Waals surface area contributed by atoms with Gasteiger partial charge in [0.15, 0.2) is 0 Å². The van der Waals surface area contributed by atoms with Gasteiger partial charge in [-0.3, -0.25) is 10.1 Å². The lowest BCUT2D eigenvalue weighted by molar-refractivity contribution is -0.384. The zero-order valence-electron chi connectivity index (χ0n) is 17.5. The van der Waals surface area contributed by atoms with Crippen molar-refractivity contribution in [3.05, 3.63) is 111 Å². The smallest absolute Gasteiger partial charge is 0.269 e. The van der Waals surface area contributed by atoms with Crippen LogP contribution in [0.5, 0.6) is 5.75 Å². The summed E-state index contributed by atoms with van der Waals surface area (Å²) in [6, 6.07) is 20.9. The molecule has 0 fully saturated rings. The van der Waals surface area contributed by atoms with Crippen LogP contribution in [0, 0.1) is 10.1 Å². The van der Waals surface area contributed by atoms with Gasteiger partial charge in [-0.25, -0.2) is 0 Å². The number of ether oxygens (including phenoxy) is 1. The molecule has 32 heavy (non-hydrogen) atoms. The molecule has 0 saturated heterocycles. The summed E-state index contributed by atoms with van der Waals surface area (Å²) in [5.41, 5.74) is 5.64. The standard InChI is InChI=1S/C26H23N3O3/c30-29(31)21-8-6-19(7-9-21)24-12-10-22-25(32-24)13-11-23-26(22)20(17-28-23)14-15-27-16-18-4-2-1-3-5-18/h1-13,17,24,27-28H,14-16H2. The van der Waals surface area contributed by atoms with Crippen LogP contribution in [-0.2, 0) is 13.0 Å². The van der Waals surface area contributed by atoms with E-state index in [9.17, 15) is 10.1 Å². The van der Waals surface area contributed by atoms with Crippen LogP contribution in [0.25, 0.3) is 17.0 Å². The van der Waals surface area contributed by atoms with Crippen molar-refractivity contribution in [3.8, 4) is 5.75 Å². The third kappa shape index (κ3) is 4.00. The Bertz CT molecular complexity index is 1280. The van der Waals surface area contributed by atoms with Gasteiger partial charge in [0, 0.05) is 41.3 Å². The lowest BCUT2D eigenvalue weighted by Crippen LogP contribution is -2.16. The molecular weight excluding hydrogens is 402 g/mol. The number of aromatic amines is 1. The summed E-state index contributed by atoms with van der Waals surface area (Å²) in [4.78, 5) is 13.9. The third-order valence-corrected chi connectivity index (χ3v) is 5.80. The van der Waals surface area contributed by atoms with Gasteiger partial charge in [-0.2, -0.15) is 0 Å². The number of H-pyrrole nitrogens is 1. The molecule has 0 radical (unpaired) electrons. The summed E-state index contributed by atoms with van der Waals surface area (Å²) in [5.74, 6) is 0.821. The van der Waals surface area contributed by atoms with E-state index >= 15 is 0 Å². The van der Waals surface area contributed by atoms with Crippen molar-refractivity contribution in [2.24, 2.45) is 0 Å². The topological polar surface area (TPSA) is 80.2 Å². The Labute approximate surface area is 185 Å². The van der Waals surface area contributed by atoms with E-state index in [0.29, 0.717) is 0 Å². The maximum Gasteiger partial charge on any atom is 0.269 e. The Morgan fingerprint density at radius 1 is 1.03 bits per heavy atom. The Kier molecular flexibility index (Phi) is 5.44. The summed E-state index contributed by atoms with van der Waals surface area (Å²) in [7, 11) is 0. The molecule has 1 aromatic heterocycles. The number of hydrogen-bond donors (Lipinski definition) is 2. The van der Waals surface area contributed by atoms with Gasteiger partial charge in [-0.1, -0.05) is 36.4 Å². The van der Waals surface area contributed by atoms with E-state index in [1.807, 2.05) is 24.3 Å². The summed E-state index contributed by atoms with van der Waals surface area (Å²) >= 11 is 0. The molecule has 0 amide bonds. The Hall–Kier alpha value is -3.90. The third-order valence-electron chi connectivity index (χ3n) is 5.80. The summed E-state index contributed by atoms with van der Waals surface area (Å²) in [6.45, 7) is 1.72. The molecule has 6 nitrogen and oxygen atoms in total. The number of aromatic nitrogens is 1. The molecule has 0 aliphatic carbocycles. The van der Waals surface area contributed by atoms with Crippen molar-refractivity contribution in [3.63, 3.8) is 0 Å². The monoisotopic (exact) mass is 425 g/mol. The average Bonchev–Trinajstić information content (AvgIpc) is 3.26. The molecule has 1 aliphatic rings. The summed E-state index contributed by atoms with van der Waals surface area (Å²) in [6.07, 6.45) is 6.82. The second-order valence-electron chi connectivity index (χ2n) is 7.87. The van der Waals surface area contributed by atoms with Crippen molar-refractivity contribution in [1.82, 2.24) is 10.3 Å². The van der Waals surface area contributed by atoms with Gasteiger partial charge >= 0.3 is 0 Å². The van der Waals surface area contributed by atoms with Gasteiger partial charge in [0.05, 0.1) is 4.92 Å². The maximum absolute atomic E-state index is 10.9. The van der Waals surface area contributed by atoms with Gasteiger partial charge < -0.3 is 15.0 Å². The van der Waals surface area contributed by atoms with Crippen molar-refractivity contribution in [1.29, 1.82) is 0 Å². The quantitative estimate of drug-likeness (QED) is 0.231. The number of nitrogens with zero attached hydrogens (tertiary/aromatic N) is 1. The number of benzene rings is 3. The SMILES string of the molecule is O=[N+]([O-])c1ccc(C2C=Cc3c(ccc4[nH]cc(CCNCc5ccccc5)c34)O2)cc1. The van der Waals surface area contributed by atoms with E-state index in [1.165, 1.54) is 28.6 Å². The molecule has 5 rings (SSSR count). The molecule has 1 unspecified atom stereocenters. The van der Waals surface area contributed by atoms with Crippen molar-refractivity contribution < 1.29 is 9.66 Å². The highest BCUT2D eigenvalue weighted by Gasteiger charge is 2.21. The molecule has 2 heterocycles. The van der Waals surface area contributed by atoms with Gasteiger partial charge in [0.2, 0.25) is 0 Å². The number of nitro benzene ring substituents is 1. The van der Waals surface area contributed by atoms with Gasteiger partial charge in [0.25, 0.3) is 5.69 Å². The molecule has 0 saturated carbocycles. The van der Waals surface area contributed by atoms with Crippen LogP contribution in [-0.4, -0.2) is 16.5 Å². The number of nitrogens with one attached hydrogen (secondary N) is 2. The van der Waals surface area contributed by atoms with Gasteiger partial charge in [0.1, 0.15) is 11.9 Å². The normalized spacial score (nSPS) is 14.8. The molecule has 1 aliphatic heterocycles. The van der Waals surface area contributed by atoms with Gasteiger partial charge in [-0.05, 0) is 60.0 Å². The fraction of sp³-hybridized carbons (Fsp3) is 0.154. The highest BCUT2D eigenvalue weighted by molar-refractivity contribution is 5.94. The highest BCUT2D eigenvalue weighted by Crippen LogP contribution is 2.38. The fourth-order valence-electron chi connectivity index (χ4n) is 4.15. The molecule has 1 atom stereocenters. The molecule has 4 aromatic rings. The first-order valence-corrected chi connectivity index (χ1v) is 10.7. The minimum Gasteiger partial charge on any atom is -0.481 e. The zero-order chi connectivity index (χ0) is 21.9. The van der Waals surface area contributed by atoms with E-state index in [1.54, 1.807) is 12.1 Å². The second kappa shape index (κ2) is 8.69. The first-order valence-electron chi connectivity index (χ1n) is 10.7. The van der Waals surface area contributed by atoms with Crippen molar-refractivity contribution in [2.75, 3.05) is 6.54 Å². The van der Waals surface area contributed by atoms with Crippen molar-refractivity contribution in [2.45, 2.75) is 19.1 Å². The molecule has 0 spiro atoms. The number of fused-ring (bicyclic) bond motifs is 3. The average molecular weight is 425 g/mol. The van der Waals surface area contributed by atoms with E-state index in [4.69, 9.17) is 4.74 Å². The second-order valence-corrected chi connectivity index (χ2v) is 7.87. The zero-order valence-corrected chi connectivity index (χ0v) is 17.5. The minimum atomic E-state index is -0.393. The predicted molar refractivity (Wildman–Crippen MR) is 126 cm³/mol. The predicted octanol–water partition coefficient (Wildman–Crippen LogP) is 5.56. The van der Waals surface area contributed by atoms with Crippen LogP contribution in [0.15, 0.2) is 79.0 Å². The Morgan fingerprint density at radius 3 is 2.62 bits per heavy atom. The van der Waals surface area contributed by atoms with Crippen molar-refractivity contribution >= 4 is 22.7 Å². The van der Waals surface area contributed by atoms with E-state index in [-0.39, 0.29) is 11.8 Å². The molecule has 160 valence electrons. The first kappa shape index (κ1) is 20.0. The van der Waals surface area contributed by atoms with Crippen LogP contribution < -0.4 is 10.1 Å². The summed E-state index contributed by atoms with van der Waals surface area (Å²) < 4.78 is 6.25. The number of nitro groups is 1. The molecular formula is C26H23N3O3. The van der Waals surface area contributed by atoms with E-state index < -0.39 is 4.92 Å². The van der Waals surface area contributed by atoms with E-state index in [2.05, 4.69) is 46.8 Å². The van der Waals surface area contributed by atoms with Crippen LogP contribution >= 0.6 is 0 Å². The first-order chi connectivity index (χ1) is 15.7. The van der Waals surface area contributed by atoms with E-state index in [0.717, 1.165) is 41.9 Å². The van der Waals surface area contributed by atoms with Crippen LogP contribution in [0.1, 0.15) is 28.4 Å². The maximum atomic E-state index is 10.9. The summed E-state index contributed by atoms with van der Waals surface area (Å²) in [5, 5.41) is 15.6. The van der Waals surface area contributed by atoms with Crippen LogP contribution in [0.4, 0.5) is 5.69 Å². The minimum absolute atomic E-state index is 0.0773.